The number of nitrogens with one attached hydrogen (secondary N) is 1. The predicted octanol–water partition coefficient (Wildman–Crippen LogP) is 4.06. The summed E-state index contributed by atoms with van der Waals surface area (Å²) in [6.45, 7) is 3.54. The van der Waals surface area contributed by atoms with Crippen LogP contribution < -0.4 is 5.73 Å². The number of hydrogen-bond acceptors (Lipinski definition) is 2. The minimum absolute atomic E-state index is 0.246. The number of carbonyl (C=O) groups excluding carboxylic acids is 1. The lowest BCUT2D eigenvalue weighted by Gasteiger charge is -2.24. The molecule has 0 aliphatic carbocycles. The number of aromatic nitrogens is 1. The Labute approximate surface area is 178 Å². The summed E-state index contributed by atoms with van der Waals surface area (Å²) in [6, 6.07) is 18.7. The number of H-pyrrole nitrogens is 1. The molecule has 1 aliphatic rings. The molecule has 3 aromatic rings. The Kier molecular flexibility index (Phi) is 6.17. The van der Waals surface area contributed by atoms with Crippen molar-refractivity contribution in [3.05, 3.63) is 71.4 Å². The van der Waals surface area contributed by atoms with Crippen molar-refractivity contribution in [2.75, 3.05) is 13.1 Å². The van der Waals surface area contributed by atoms with Crippen molar-refractivity contribution >= 4 is 22.6 Å². The third-order valence-corrected chi connectivity index (χ3v) is 5.95. The fraction of sp³-hybridized carbons (Fsp3) is 0.360. The first-order valence-electron chi connectivity index (χ1n) is 10.9. The van der Waals surface area contributed by atoms with Crippen LogP contribution in [0.2, 0.25) is 0 Å². The molecule has 5 nitrogen and oxygen atoms in total. The number of carbonyl (C=O) groups is 1. The van der Waals surface area contributed by atoms with Crippen molar-refractivity contribution < 1.29 is 4.79 Å². The van der Waals surface area contributed by atoms with Crippen LogP contribution in [0, 0.1) is 0 Å². The Bertz CT molecular complexity index is 1040. The minimum atomic E-state index is 0.246. The molecule has 156 valence electrons. The van der Waals surface area contributed by atoms with Crippen molar-refractivity contribution in [1.82, 2.24) is 9.88 Å². The highest BCUT2D eigenvalue weighted by atomic mass is 16.2. The molecule has 1 atom stereocenters. The standard InChI is InChI=1S/C25H30N4O/c1-2-27-25(26)20-11-10-19-16-21(28-23(19)17-20)12-13-22-9-6-14-29(22)24(30)15-18-7-4-3-5-8-18/h3-5,7-8,10-11,16-17,22,28H,2,6,9,12-15H2,1H3,(H2,26,27)/t22-/m0/s1. The van der Waals surface area contributed by atoms with Gasteiger partial charge in [-0.1, -0.05) is 42.5 Å². The molecule has 0 unspecified atom stereocenters. The molecule has 30 heavy (non-hydrogen) atoms. The van der Waals surface area contributed by atoms with Gasteiger partial charge in [0.15, 0.2) is 0 Å². The highest BCUT2D eigenvalue weighted by molar-refractivity contribution is 6.00. The number of fused-ring (bicyclic) bond motifs is 1. The molecule has 1 saturated heterocycles. The van der Waals surface area contributed by atoms with Gasteiger partial charge in [-0.3, -0.25) is 9.79 Å². The second-order valence-corrected chi connectivity index (χ2v) is 8.04. The minimum Gasteiger partial charge on any atom is -0.384 e. The SMILES string of the molecule is CCN=C(N)c1ccc2cc(CC[C@@H]3CCCN3C(=O)Cc3ccccc3)[nH]c2c1. The van der Waals surface area contributed by atoms with Gasteiger partial charge in [-0.2, -0.15) is 0 Å². The molecule has 5 heteroatoms. The maximum absolute atomic E-state index is 12.8. The van der Waals surface area contributed by atoms with E-state index in [4.69, 9.17) is 5.73 Å². The summed E-state index contributed by atoms with van der Waals surface area (Å²) in [5.74, 6) is 0.824. The van der Waals surface area contributed by atoms with Gasteiger partial charge in [-0.05, 0) is 55.7 Å². The number of nitrogens with zero attached hydrogens (tertiary/aromatic N) is 2. The van der Waals surface area contributed by atoms with E-state index in [0.717, 1.165) is 48.9 Å². The van der Waals surface area contributed by atoms with Crippen LogP contribution in [0.25, 0.3) is 10.9 Å². The maximum Gasteiger partial charge on any atom is 0.227 e. The van der Waals surface area contributed by atoms with Crippen molar-refractivity contribution in [2.24, 2.45) is 10.7 Å². The largest absolute Gasteiger partial charge is 0.384 e. The zero-order chi connectivity index (χ0) is 20.9. The van der Waals surface area contributed by atoms with Gasteiger partial charge >= 0.3 is 0 Å². The summed E-state index contributed by atoms with van der Waals surface area (Å²) < 4.78 is 0. The van der Waals surface area contributed by atoms with Crippen molar-refractivity contribution in [3.8, 4) is 0 Å². The number of nitrogens with two attached hydrogens (primary N) is 1. The average molecular weight is 403 g/mol. The Morgan fingerprint density at radius 3 is 2.83 bits per heavy atom. The first-order valence-corrected chi connectivity index (χ1v) is 10.9. The third-order valence-electron chi connectivity index (χ3n) is 5.95. The second kappa shape index (κ2) is 9.16. The van der Waals surface area contributed by atoms with Crippen LogP contribution in [0.5, 0.6) is 0 Å². The molecule has 1 fully saturated rings. The lowest BCUT2D eigenvalue weighted by atomic mass is 10.1. The Morgan fingerprint density at radius 2 is 2.03 bits per heavy atom. The van der Waals surface area contributed by atoms with Gasteiger partial charge in [0.25, 0.3) is 0 Å². The summed E-state index contributed by atoms with van der Waals surface area (Å²) in [4.78, 5) is 22.7. The van der Waals surface area contributed by atoms with Crippen LogP contribution in [0.1, 0.15) is 43.0 Å². The van der Waals surface area contributed by atoms with Crippen LogP contribution in [-0.2, 0) is 17.6 Å². The number of amides is 1. The molecular weight excluding hydrogens is 372 g/mol. The normalized spacial score (nSPS) is 17.0. The number of aliphatic imine (C=N–C) groups is 1. The van der Waals surface area contributed by atoms with Crippen LogP contribution in [0.3, 0.4) is 0 Å². The number of benzene rings is 2. The lowest BCUT2D eigenvalue weighted by Crippen LogP contribution is -2.36. The van der Waals surface area contributed by atoms with E-state index in [9.17, 15) is 4.79 Å². The van der Waals surface area contributed by atoms with Gasteiger partial charge in [0.1, 0.15) is 5.84 Å². The summed E-state index contributed by atoms with van der Waals surface area (Å²) in [7, 11) is 0. The smallest absolute Gasteiger partial charge is 0.227 e. The lowest BCUT2D eigenvalue weighted by molar-refractivity contribution is -0.131. The molecule has 2 heterocycles. The summed E-state index contributed by atoms with van der Waals surface area (Å²) in [5.41, 5.74) is 10.4. The molecule has 0 radical (unpaired) electrons. The van der Waals surface area contributed by atoms with Crippen molar-refractivity contribution in [1.29, 1.82) is 0 Å². The van der Waals surface area contributed by atoms with Crippen molar-refractivity contribution in [3.63, 3.8) is 0 Å². The zero-order valence-electron chi connectivity index (χ0n) is 17.6. The zero-order valence-corrected chi connectivity index (χ0v) is 17.6. The Morgan fingerprint density at radius 1 is 1.20 bits per heavy atom. The molecule has 1 amide bonds. The number of rotatable bonds is 7. The van der Waals surface area contributed by atoms with E-state index in [1.807, 2.05) is 43.3 Å². The Hall–Kier alpha value is -3.08. The van der Waals surface area contributed by atoms with Gasteiger partial charge in [0, 0.05) is 35.9 Å². The van der Waals surface area contributed by atoms with Crippen LogP contribution in [0.4, 0.5) is 0 Å². The van der Waals surface area contributed by atoms with Gasteiger partial charge < -0.3 is 15.6 Å². The average Bonchev–Trinajstić information content (AvgIpc) is 3.39. The molecule has 1 aliphatic heterocycles. The van der Waals surface area contributed by atoms with Crippen LogP contribution in [-0.4, -0.2) is 40.8 Å². The fourth-order valence-electron chi connectivity index (χ4n) is 4.40. The number of hydrogen-bond donors (Lipinski definition) is 2. The summed E-state index contributed by atoms with van der Waals surface area (Å²) in [6.07, 6.45) is 4.60. The summed E-state index contributed by atoms with van der Waals surface area (Å²) >= 11 is 0. The van der Waals surface area contributed by atoms with E-state index in [1.54, 1.807) is 0 Å². The quantitative estimate of drug-likeness (QED) is 0.462. The van der Waals surface area contributed by atoms with Gasteiger partial charge in [0.05, 0.1) is 6.42 Å². The first kappa shape index (κ1) is 20.2. The molecule has 3 N–H and O–H groups in total. The monoisotopic (exact) mass is 402 g/mol. The van der Waals surface area contributed by atoms with Crippen molar-refractivity contribution in [2.45, 2.75) is 45.1 Å². The van der Waals surface area contributed by atoms with E-state index in [2.05, 4.69) is 33.1 Å². The van der Waals surface area contributed by atoms with Gasteiger partial charge in [-0.25, -0.2) is 0 Å². The number of likely N-dealkylation sites (tertiary alicyclic amines) is 1. The van der Waals surface area contributed by atoms with E-state index in [1.165, 1.54) is 11.1 Å². The Balaban J connectivity index is 1.40. The van der Waals surface area contributed by atoms with E-state index < -0.39 is 0 Å². The fourth-order valence-corrected chi connectivity index (χ4v) is 4.40. The van der Waals surface area contributed by atoms with Crippen LogP contribution >= 0.6 is 0 Å². The molecule has 1 aromatic heterocycles. The maximum atomic E-state index is 12.8. The number of amidine groups is 1. The third kappa shape index (κ3) is 4.56. The van der Waals surface area contributed by atoms with Gasteiger partial charge in [0.2, 0.25) is 5.91 Å². The first-order chi connectivity index (χ1) is 14.6. The molecule has 4 rings (SSSR count). The highest BCUT2D eigenvalue weighted by Crippen LogP contribution is 2.24. The molecule has 0 saturated carbocycles. The molecule has 2 aromatic carbocycles. The topological polar surface area (TPSA) is 74.5 Å². The summed E-state index contributed by atoms with van der Waals surface area (Å²) in [5, 5.41) is 1.18. The molecule has 0 bridgehead atoms. The van der Waals surface area contributed by atoms with E-state index in [0.29, 0.717) is 24.8 Å². The van der Waals surface area contributed by atoms with E-state index in [-0.39, 0.29) is 5.91 Å². The molecular formula is C25H30N4O. The predicted molar refractivity (Wildman–Crippen MR) is 123 cm³/mol. The van der Waals surface area contributed by atoms with Gasteiger partial charge in [-0.15, -0.1) is 0 Å². The van der Waals surface area contributed by atoms with Crippen LogP contribution in [0.15, 0.2) is 59.6 Å². The number of aryl methyl sites for hydroxylation is 1. The number of aromatic amines is 1. The van der Waals surface area contributed by atoms with E-state index >= 15 is 0 Å². The second-order valence-electron chi connectivity index (χ2n) is 8.04. The highest BCUT2D eigenvalue weighted by Gasteiger charge is 2.28. The molecule has 0 spiro atoms.